The molecule has 4 rings (SSSR count). The number of H-pyrrole nitrogens is 1. The van der Waals surface area contributed by atoms with E-state index in [2.05, 4.69) is 30.0 Å². The van der Waals surface area contributed by atoms with Gasteiger partial charge in [0.25, 0.3) is 0 Å². The smallest absolute Gasteiger partial charge is 0.147 e. The van der Waals surface area contributed by atoms with Crippen molar-refractivity contribution < 1.29 is 4.39 Å². The van der Waals surface area contributed by atoms with Gasteiger partial charge in [-0.1, -0.05) is 6.07 Å². The number of halogens is 1. The molecule has 0 spiro atoms. The molecule has 3 N–H and O–H groups in total. The number of fused-ring (bicyclic) bond motifs is 1. The van der Waals surface area contributed by atoms with E-state index in [1.54, 1.807) is 0 Å². The average molecular weight is 411 g/mol. The van der Waals surface area contributed by atoms with Crippen LogP contribution in [0.3, 0.4) is 0 Å². The third-order valence-electron chi connectivity index (χ3n) is 4.83. The number of hydrogen-bond acceptors (Lipinski definition) is 6. The number of aromatic nitrogens is 4. The van der Waals surface area contributed by atoms with Crippen molar-refractivity contribution in [2.45, 2.75) is 34.1 Å². The molecule has 29 heavy (non-hydrogen) atoms. The molecule has 0 fully saturated rings. The lowest BCUT2D eigenvalue weighted by Crippen LogP contribution is -2.09. The summed E-state index contributed by atoms with van der Waals surface area (Å²) in [4.78, 5) is 12.1. The van der Waals surface area contributed by atoms with E-state index < -0.39 is 0 Å². The van der Waals surface area contributed by atoms with Gasteiger partial charge in [0.15, 0.2) is 0 Å². The van der Waals surface area contributed by atoms with Crippen LogP contribution in [0.1, 0.15) is 28.3 Å². The zero-order chi connectivity index (χ0) is 20.5. The van der Waals surface area contributed by atoms with Crippen LogP contribution in [0.4, 0.5) is 21.0 Å². The van der Waals surface area contributed by atoms with E-state index in [4.69, 9.17) is 0 Å². The van der Waals surface area contributed by atoms with Crippen LogP contribution in [0.5, 0.6) is 0 Å². The van der Waals surface area contributed by atoms with Gasteiger partial charge in [-0.05, 0) is 68.9 Å². The number of aryl methyl sites for hydroxylation is 4. The van der Waals surface area contributed by atoms with Crippen molar-refractivity contribution in [3.63, 3.8) is 0 Å². The zero-order valence-electron chi connectivity index (χ0n) is 16.9. The highest BCUT2D eigenvalue weighted by Crippen LogP contribution is 2.28. The van der Waals surface area contributed by atoms with Crippen LogP contribution in [-0.4, -0.2) is 25.9 Å². The fraction of sp³-hybridized carbons (Fsp3) is 0.286. The van der Waals surface area contributed by atoms with Gasteiger partial charge in [0.05, 0.1) is 11.2 Å². The molecule has 0 radical (unpaired) electrons. The van der Waals surface area contributed by atoms with Crippen molar-refractivity contribution in [2.24, 2.45) is 0 Å². The maximum atomic E-state index is 14.1. The van der Waals surface area contributed by atoms with Gasteiger partial charge in [0, 0.05) is 23.7 Å². The number of benzene rings is 1. The molecule has 0 bridgehead atoms. The highest BCUT2D eigenvalue weighted by Gasteiger charge is 2.14. The van der Waals surface area contributed by atoms with Crippen molar-refractivity contribution in [3.05, 3.63) is 58.4 Å². The quantitative estimate of drug-likeness (QED) is 0.408. The summed E-state index contributed by atoms with van der Waals surface area (Å²) in [5.74, 6) is 1.94. The van der Waals surface area contributed by atoms with E-state index in [9.17, 15) is 4.39 Å². The van der Waals surface area contributed by atoms with Crippen LogP contribution in [0, 0.1) is 33.5 Å². The maximum absolute atomic E-state index is 14.1. The lowest BCUT2D eigenvalue weighted by atomic mass is 10.0. The van der Waals surface area contributed by atoms with Crippen LogP contribution in [0.15, 0.2) is 24.3 Å². The Bertz CT molecular complexity index is 1180. The number of anilines is 3. The van der Waals surface area contributed by atoms with Crippen molar-refractivity contribution in [1.82, 2.24) is 19.3 Å². The predicted molar refractivity (Wildman–Crippen MR) is 117 cm³/mol. The number of nitrogens with one attached hydrogen (secondary N) is 3. The van der Waals surface area contributed by atoms with E-state index in [1.807, 2.05) is 45.9 Å². The predicted octanol–water partition coefficient (Wildman–Crippen LogP) is 5.19. The molecule has 4 aromatic rings. The van der Waals surface area contributed by atoms with Crippen LogP contribution < -0.4 is 10.6 Å². The van der Waals surface area contributed by atoms with E-state index in [0.717, 1.165) is 51.0 Å². The molecule has 150 valence electrons. The summed E-state index contributed by atoms with van der Waals surface area (Å²) in [6.07, 6.45) is 0.760. The topological polar surface area (TPSA) is 78.5 Å². The molecule has 0 saturated carbocycles. The molecule has 3 heterocycles. The monoisotopic (exact) mass is 410 g/mol. The van der Waals surface area contributed by atoms with E-state index >= 15 is 0 Å². The fourth-order valence-corrected chi connectivity index (χ4v) is 4.21. The first-order valence-electron chi connectivity index (χ1n) is 9.47. The lowest BCUT2D eigenvalue weighted by molar-refractivity contribution is 0.637. The second-order valence-electron chi connectivity index (χ2n) is 7.16. The number of nitrogens with zero attached hydrogens (tertiary/aromatic N) is 3. The molecular weight excluding hydrogens is 387 g/mol. The Kier molecular flexibility index (Phi) is 5.19. The van der Waals surface area contributed by atoms with Crippen molar-refractivity contribution in [1.29, 1.82) is 0 Å². The Morgan fingerprint density at radius 2 is 1.86 bits per heavy atom. The normalized spacial score (nSPS) is 11.2. The van der Waals surface area contributed by atoms with Crippen molar-refractivity contribution >= 4 is 39.1 Å². The highest BCUT2D eigenvalue weighted by atomic mass is 32.1. The molecule has 0 unspecified atom stereocenters. The van der Waals surface area contributed by atoms with E-state index in [-0.39, 0.29) is 5.82 Å². The first-order chi connectivity index (χ1) is 13.9. The van der Waals surface area contributed by atoms with Gasteiger partial charge in [-0.25, -0.2) is 14.4 Å². The molecule has 0 saturated heterocycles. The van der Waals surface area contributed by atoms with Crippen LogP contribution in [-0.2, 0) is 6.42 Å². The summed E-state index contributed by atoms with van der Waals surface area (Å²) < 4.78 is 18.4. The Balaban J connectivity index is 1.49. The molecule has 8 heteroatoms. The van der Waals surface area contributed by atoms with Crippen molar-refractivity contribution in [2.75, 3.05) is 17.2 Å². The van der Waals surface area contributed by atoms with Crippen LogP contribution in [0.2, 0.25) is 0 Å². The minimum Gasteiger partial charge on any atom is -0.370 e. The lowest BCUT2D eigenvalue weighted by Gasteiger charge is -2.10. The van der Waals surface area contributed by atoms with Crippen LogP contribution >= 0.6 is 11.5 Å². The molecule has 3 aromatic heterocycles. The van der Waals surface area contributed by atoms with Crippen molar-refractivity contribution in [3.8, 4) is 0 Å². The summed E-state index contributed by atoms with van der Waals surface area (Å²) in [6.45, 7) is 8.50. The van der Waals surface area contributed by atoms with Gasteiger partial charge < -0.3 is 15.6 Å². The molecule has 0 aliphatic heterocycles. The molecule has 0 aliphatic carbocycles. The standard InChI is InChI=1S/C21H23FN6S/c1-11-5-6-16(22)21-20(11)15(13(3)24-21)7-8-23-17-10-18(26-14(4)25-17)27-19-9-12(2)28-29-19/h5-6,9-10,24H,7-8H2,1-4H3,(H2,23,25,26,27). The molecule has 0 amide bonds. The summed E-state index contributed by atoms with van der Waals surface area (Å²) >= 11 is 1.40. The first kappa shape index (κ1) is 19.3. The Hall–Kier alpha value is -3.00. The van der Waals surface area contributed by atoms with Crippen LogP contribution in [0.25, 0.3) is 10.9 Å². The average Bonchev–Trinajstić information content (AvgIpc) is 3.22. The molecule has 0 aliphatic rings. The maximum Gasteiger partial charge on any atom is 0.147 e. The van der Waals surface area contributed by atoms with Gasteiger partial charge in [-0.3, -0.25) is 0 Å². The zero-order valence-corrected chi connectivity index (χ0v) is 17.7. The summed E-state index contributed by atoms with van der Waals surface area (Å²) in [6, 6.07) is 7.21. The highest BCUT2D eigenvalue weighted by molar-refractivity contribution is 7.10. The minimum absolute atomic E-state index is 0.214. The summed E-state index contributed by atoms with van der Waals surface area (Å²) in [5, 5.41) is 8.57. The first-order valence-corrected chi connectivity index (χ1v) is 10.2. The second-order valence-corrected chi connectivity index (χ2v) is 7.97. The van der Waals surface area contributed by atoms with Gasteiger partial charge in [-0.2, -0.15) is 4.37 Å². The fourth-order valence-electron chi connectivity index (χ4n) is 3.54. The Morgan fingerprint density at radius 1 is 1.07 bits per heavy atom. The Morgan fingerprint density at radius 3 is 2.62 bits per heavy atom. The third kappa shape index (κ3) is 4.07. The van der Waals surface area contributed by atoms with E-state index in [1.165, 1.54) is 17.6 Å². The van der Waals surface area contributed by atoms with Gasteiger partial charge >= 0.3 is 0 Å². The molecule has 6 nitrogen and oxygen atoms in total. The number of aromatic amines is 1. The largest absolute Gasteiger partial charge is 0.370 e. The van der Waals surface area contributed by atoms with Gasteiger partial charge in [0.1, 0.15) is 28.3 Å². The molecular formula is C21H23FN6S. The third-order valence-corrected chi connectivity index (χ3v) is 5.62. The summed E-state index contributed by atoms with van der Waals surface area (Å²) in [5.41, 5.74) is 4.76. The van der Waals surface area contributed by atoms with Gasteiger partial charge in [-0.15, -0.1) is 0 Å². The van der Waals surface area contributed by atoms with E-state index in [0.29, 0.717) is 17.9 Å². The second kappa shape index (κ2) is 7.79. The van der Waals surface area contributed by atoms with Gasteiger partial charge in [0.2, 0.25) is 0 Å². The number of rotatable bonds is 6. The molecule has 0 atom stereocenters. The minimum atomic E-state index is -0.214. The SMILES string of the molecule is Cc1cc(Nc2cc(NCCc3c(C)[nH]c4c(F)ccc(C)c34)nc(C)n2)sn1. The molecule has 1 aromatic carbocycles. The number of hydrogen-bond donors (Lipinski definition) is 3. The summed E-state index contributed by atoms with van der Waals surface area (Å²) in [7, 11) is 0. The Labute approximate surface area is 172 Å².